The molecule has 0 aliphatic heterocycles. The Kier molecular flexibility index (Phi) is 5.49. The van der Waals surface area contributed by atoms with E-state index in [1.165, 1.54) is 44.9 Å². The molecule has 1 rings (SSSR count). The van der Waals surface area contributed by atoms with Crippen LogP contribution in [0.1, 0.15) is 51.9 Å². The summed E-state index contributed by atoms with van der Waals surface area (Å²) in [6.07, 6.45) is 9.34. The fourth-order valence-electron chi connectivity index (χ4n) is 2.55. The van der Waals surface area contributed by atoms with E-state index in [1.807, 2.05) is 7.05 Å². The molecule has 2 nitrogen and oxygen atoms in total. The monoisotopic (exact) mass is 199 g/mol. The summed E-state index contributed by atoms with van der Waals surface area (Å²) in [6.45, 7) is 3.97. The summed E-state index contributed by atoms with van der Waals surface area (Å²) >= 11 is 0. The van der Waals surface area contributed by atoms with E-state index in [4.69, 9.17) is 4.74 Å². The van der Waals surface area contributed by atoms with Gasteiger partial charge in [0, 0.05) is 13.2 Å². The fraction of sp³-hybridized carbons (Fsp3) is 1.00. The van der Waals surface area contributed by atoms with Gasteiger partial charge in [0.05, 0.1) is 5.60 Å². The topological polar surface area (TPSA) is 21.3 Å². The maximum Gasteiger partial charge on any atom is 0.0806 e. The molecule has 1 N–H and O–H groups in total. The van der Waals surface area contributed by atoms with Crippen molar-refractivity contribution in [1.82, 2.24) is 5.32 Å². The molecule has 0 atom stereocenters. The lowest BCUT2D eigenvalue weighted by Gasteiger charge is -2.35. The lowest BCUT2D eigenvalue weighted by molar-refractivity contribution is -0.0545. The smallest absolute Gasteiger partial charge is 0.0806 e. The molecule has 1 saturated carbocycles. The van der Waals surface area contributed by atoms with E-state index in [0.29, 0.717) is 0 Å². The summed E-state index contributed by atoms with van der Waals surface area (Å²) in [5.41, 5.74) is 0.143. The van der Waals surface area contributed by atoms with Crippen LogP contribution < -0.4 is 5.32 Å². The summed E-state index contributed by atoms with van der Waals surface area (Å²) in [6, 6.07) is 0. The number of hydrogen-bond donors (Lipinski definition) is 1. The largest absolute Gasteiger partial charge is 0.374 e. The van der Waals surface area contributed by atoms with Crippen LogP contribution in [-0.2, 0) is 4.74 Å². The Morgan fingerprint density at radius 1 is 1.07 bits per heavy atom. The number of nitrogens with one attached hydrogen (secondary N) is 1. The minimum Gasteiger partial charge on any atom is -0.374 e. The van der Waals surface area contributed by atoms with Crippen LogP contribution in [0.15, 0.2) is 0 Å². The molecule has 1 aliphatic carbocycles. The molecule has 1 aliphatic rings. The van der Waals surface area contributed by atoms with Gasteiger partial charge in [-0.2, -0.15) is 0 Å². The quantitative estimate of drug-likeness (QED) is 0.751. The Hall–Kier alpha value is -0.0800. The lowest BCUT2D eigenvalue weighted by Crippen LogP contribution is -2.42. The number of likely N-dealkylation sites (N-methyl/N-ethyl adjacent to an activating group) is 1. The summed E-state index contributed by atoms with van der Waals surface area (Å²) in [5.74, 6) is 0. The number of hydrogen-bond acceptors (Lipinski definition) is 2. The summed E-state index contributed by atoms with van der Waals surface area (Å²) in [7, 11) is 2.03. The first-order chi connectivity index (χ1) is 6.83. The van der Waals surface area contributed by atoms with E-state index >= 15 is 0 Å². The molecular formula is C12H25NO. The van der Waals surface area contributed by atoms with Crippen molar-refractivity contribution >= 4 is 0 Å². The second kappa shape index (κ2) is 6.41. The molecule has 0 radical (unpaired) electrons. The zero-order valence-electron chi connectivity index (χ0n) is 9.77. The zero-order valence-corrected chi connectivity index (χ0v) is 9.77. The van der Waals surface area contributed by atoms with E-state index in [-0.39, 0.29) is 5.60 Å². The maximum atomic E-state index is 5.98. The van der Waals surface area contributed by atoms with Gasteiger partial charge in [-0.3, -0.25) is 0 Å². The van der Waals surface area contributed by atoms with Crippen molar-refractivity contribution in [3.05, 3.63) is 0 Å². The first-order valence-corrected chi connectivity index (χ1v) is 6.11. The molecule has 0 aromatic heterocycles. The normalized spacial score (nSPS) is 22.7. The minimum absolute atomic E-state index is 0.143. The molecule has 2 heteroatoms. The van der Waals surface area contributed by atoms with Gasteiger partial charge in [-0.05, 0) is 26.8 Å². The van der Waals surface area contributed by atoms with Crippen LogP contribution in [0.2, 0.25) is 0 Å². The van der Waals surface area contributed by atoms with Gasteiger partial charge in [-0.1, -0.05) is 32.1 Å². The van der Waals surface area contributed by atoms with Crippen molar-refractivity contribution in [3.63, 3.8) is 0 Å². The highest BCUT2D eigenvalue weighted by Crippen LogP contribution is 2.29. The molecule has 0 amide bonds. The van der Waals surface area contributed by atoms with Crippen molar-refractivity contribution in [1.29, 1.82) is 0 Å². The van der Waals surface area contributed by atoms with E-state index in [1.54, 1.807) is 0 Å². The third kappa shape index (κ3) is 3.58. The average Bonchev–Trinajstić information content (AvgIpc) is 2.12. The van der Waals surface area contributed by atoms with E-state index < -0.39 is 0 Å². The highest BCUT2D eigenvalue weighted by Gasteiger charge is 2.29. The molecule has 0 bridgehead atoms. The third-order valence-electron chi connectivity index (χ3n) is 3.21. The molecule has 14 heavy (non-hydrogen) atoms. The van der Waals surface area contributed by atoms with Crippen LogP contribution in [0.5, 0.6) is 0 Å². The molecule has 0 heterocycles. The van der Waals surface area contributed by atoms with Crippen molar-refractivity contribution < 1.29 is 4.74 Å². The molecular weight excluding hydrogens is 174 g/mol. The second-order valence-corrected chi connectivity index (χ2v) is 4.41. The van der Waals surface area contributed by atoms with Crippen LogP contribution in [0.3, 0.4) is 0 Å². The van der Waals surface area contributed by atoms with Crippen molar-refractivity contribution in [2.45, 2.75) is 57.5 Å². The first-order valence-electron chi connectivity index (χ1n) is 6.11. The molecule has 0 unspecified atom stereocenters. The van der Waals surface area contributed by atoms with Gasteiger partial charge in [0.15, 0.2) is 0 Å². The summed E-state index contributed by atoms with van der Waals surface area (Å²) in [5, 5.41) is 3.29. The van der Waals surface area contributed by atoms with Gasteiger partial charge < -0.3 is 10.1 Å². The number of ether oxygens (including phenoxy) is 1. The summed E-state index contributed by atoms with van der Waals surface area (Å²) in [4.78, 5) is 0. The van der Waals surface area contributed by atoms with Gasteiger partial charge in [0.1, 0.15) is 0 Å². The Labute approximate surface area is 88.4 Å². The van der Waals surface area contributed by atoms with Crippen molar-refractivity contribution in [3.8, 4) is 0 Å². The van der Waals surface area contributed by atoms with Crippen LogP contribution in [0.4, 0.5) is 0 Å². The van der Waals surface area contributed by atoms with Crippen molar-refractivity contribution in [2.24, 2.45) is 0 Å². The summed E-state index contributed by atoms with van der Waals surface area (Å²) < 4.78 is 5.98. The maximum absolute atomic E-state index is 5.98. The SMILES string of the molecule is CCOC1(CNC)CCCCCCC1. The average molecular weight is 199 g/mol. The fourth-order valence-corrected chi connectivity index (χ4v) is 2.55. The van der Waals surface area contributed by atoms with Gasteiger partial charge >= 0.3 is 0 Å². The van der Waals surface area contributed by atoms with Crippen LogP contribution in [0.25, 0.3) is 0 Å². The van der Waals surface area contributed by atoms with Crippen LogP contribution in [0, 0.1) is 0 Å². The van der Waals surface area contributed by atoms with E-state index in [2.05, 4.69) is 12.2 Å². The van der Waals surface area contributed by atoms with Crippen molar-refractivity contribution in [2.75, 3.05) is 20.2 Å². The Morgan fingerprint density at radius 3 is 2.14 bits per heavy atom. The highest BCUT2D eigenvalue weighted by molar-refractivity contribution is 4.84. The predicted octanol–water partition coefficient (Wildman–Crippen LogP) is 2.73. The Bertz CT molecular complexity index is 131. The molecule has 84 valence electrons. The first kappa shape index (κ1) is 12.0. The molecule has 0 spiro atoms. The van der Waals surface area contributed by atoms with E-state index in [9.17, 15) is 0 Å². The predicted molar refractivity (Wildman–Crippen MR) is 60.6 cm³/mol. The molecule has 1 fully saturated rings. The standard InChI is InChI=1S/C12H25NO/c1-3-14-12(11-13-2)9-7-5-4-6-8-10-12/h13H,3-11H2,1-2H3. The molecule has 0 aromatic carbocycles. The highest BCUT2D eigenvalue weighted by atomic mass is 16.5. The zero-order chi connectivity index (χ0) is 10.3. The van der Waals surface area contributed by atoms with Gasteiger partial charge in [0.25, 0.3) is 0 Å². The molecule has 0 saturated heterocycles. The minimum atomic E-state index is 0.143. The van der Waals surface area contributed by atoms with E-state index in [0.717, 1.165) is 13.2 Å². The Morgan fingerprint density at radius 2 is 1.64 bits per heavy atom. The number of rotatable bonds is 4. The van der Waals surface area contributed by atoms with Gasteiger partial charge in [-0.25, -0.2) is 0 Å². The Balaban J connectivity index is 2.50. The van der Waals surface area contributed by atoms with Gasteiger partial charge in [0.2, 0.25) is 0 Å². The van der Waals surface area contributed by atoms with Crippen LogP contribution >= 0.6 is 0 Å². The van der Waals surface area contributed by atoms with Gasteiger partial charge in [-0.15, -0.1) is 0 Å². The second-order valence-electron chi connectivity index (χ2n) is 4.41. The lowest BCUT2D eigenvalue weighted by atomic mass is 9.86. The van der Waals surface area contributed by atoms with Crippen LogP contribution in [-0.4, -0.2) is 25.8 Å². The molecule has 0 aromatic rings. The third-order valence-corrected chi connectivity index (χ3v) is 3.21.